The van der Waals surface area contributed by atoms with E-state index in [1.54, 1.807) is 0 Å². The van der Waals surface area contributed by atoms with Crippen LogP contribution in [0.4, 0.5) is 11.5 Å². The van der Waals surface area contributed by atoms with Crippen LogP contribution in [0, 0.1) is 0 Å². The number of morpholine rings is 1. The number of nitrogens with zero attached hydrogens (tertiary/aromatic N) is 3. The van der Waals surface area contributed by atoms with E-state index in [2.05, 4.69) is 9.97 Å². The number of rotatable bonds is 2. The van der Waals surface area contributed by atoms with Gasteiger partial charge < -0.3 is 20.5 Å². The third-order valence-electron chi connectivity index (χ3n) is 2.46. The van der Waals surface area contributed by atoms with Crippen molar-refractivity contribution in [2.75, 3.05) is 36.9 Å². The fourth-order valence-corrected chi connectivity index (χ4v) is 1.77. The smallest absolute Gasteiger partial charge is 0.157 e. The fraction of sp³-hybridized carbons (Fsp3) is 0.556. The summed E-state index contributed by atoms with van der Waals surface area (Å²) in [6.45, 7) is 1.74. The van der Waals surface area contributed by atoms with Gasteiger partial charge in [-0.05, 0) is 0 Å². The Morgan fingerprint density at radius 3 is 3.19 bits per heavy atom. The van der Waals surface area contributed by atoms with Crippen LogP contribution in [0.1, 0.15) is 0 Å². The molecule has 1 aliphatic heterocycles. The van der Waals surface area contributed by atoms with Crippen molar-refractivity contribution in [1.29, 1.82) is 0 Å². The van der Waals surface area contributed by atoms with Gasteiger partial charge in [0, 0.05) is 13.1 Å². The number of aromatic nitrogens is 2. The van der Waals surface area contributed by atoms with E-state index in [1.165, 1.54) is 6.33 Å². The van der Waals surface area contributed by atoms with Crippen LogP contribution in [-0.4, -0.2) is 47.5 Å². The molecule has 16 heavy (non-hydrogen) atoms. The Hall–Kier alpha value is -1.11. The Kier molecular flexibility index (Phi) is 3.42. The van der Waals surface area contributed by atoms with Crippen molar-refractivity contribution in [2.45, 2.75) is 6.10 Å². The van der Waals surface area contributed by atoms with Crippen molar-refractivity contribution in [3.63, 3.8) is 0 Å². The van der Waals surface area contributed by atoms with Crippen LogP contribution >= 0.6 is 11.6 Å². The Bertz CT molecular complexity index is 377. The number of hydrogen-bond donors (Lipinski definition) is 2. The molecule has 1 aliphatic rings. The van der Waals surface area contributed by atoms with Crippen molar-refractivity contribution >= 4 is 23.1 Å². The Balaban J connectivity index is 2.20. The van der Waals surface area contributed by atoms with Crippen LogP contribution in [0.2, 0.25) is 5.15 Å². The molecule has 0 bridgehead atoms. The standard InChI is InChI=1S/C9H13ClN4O2/c10-8-7(11)9(13-5-12-8)14-1-2-16-6(3-14)4-15/h5-6,15H,1-4,11H2. The molecule has 3 N–H and O–H groups in total. The molecular weight excluding hydrogens is 232 g/mol. The second-order valence-electron chi connectivity index (χ2n) is 3.52. The topological polar surface area (TPSA) is 84.5 Å². The van der Waals surface area contributed by atoms with Gasteiger partial charge in [-0.15, -0.1) is 0 Å². The van der Waals surface area contributed by atoms with Gasteiger partial charge in [-0.2, -0.15) is 0 Å². The average Bonchev–Trinajstić information content (AvgIpc) is 2.33. The summed E-state index contributed by atoms with van der Waals surface area (Å²) in [4.78, 5) is 9.83. The molecule has 1 fully saturated rings. The first kappa shape index (κ1) is 11.4. The molecule has 0 aliphatic carbocycles. The second kappa shape index (κ2) is 4.82. The number of nitrogens with two attached hydrogens (primary N) is 1. The molecule has 1 unspecified atom stereocenters. The number of aliphatic hydroxyl groups is 1. The first-order valence-corrected chi connectivity index (χ1v) is 5.33. The van der Waals surface area contributed by atoms with Crippen LogP contribution in [0.15, 0.2) is 6.33 Å². The van der Waals surface area contributed by atoms with Gasteiger partial charge in [-0.1, -0.05) is 11.6 Å². The molecule has 7 heteroatoms. The predicted octanol–water partition coefficient (Wildman–Crippen LogP) is -0.0903. The lowest BCUT2D eigenvalue weighted by atomic mass is 10.2. The molecule has 0 spiro atoms. The summed E-state index contributed by atoms with van der Waals surface area (Å²) in [5.74, 6) is 0.599. The monoisotopic (exact) mass is 244 g/mol. The number of nitrogen functional groups attached to an aromatic ring is 1. The highest BCUT2D eigenvalue weighted by atomic mass is 35.5. The van der Waals surface area contributed by atoms with E-state index in [4.69, 9.17) is 27.2 Å². The summed E-state index contributed by atoms with van der Waals surface area (Å²) in [6, 6.07) is 0. The molecule has 0 aromatic carbocycles. The highest BCUT2D eigenvalue weighted by molar-refractivity contribution is 6.32. The number of halogens is 1. The Morgan fingerprint density at radius 1 is 1.62 bits per heavy atom. The zero-order valence-electron chi connectivity index (χ0n) is 8.64. The van der Waals surface area contributed by atoms with E-state index in [0.29, 0.717) is 31.2 Å². The molecule has 2 rings (SSSR count). The van der Waals surface area contributed by atoms with Crippen molar-refractivity contribution in [3.05, 3.63) is 11.5 Å². The van der Waals surface area contributed by atoms with Crippen molar-refractivity contribution in [3.8, 4) is 0 Å². The zero-order chi connectivity index (χ0) is 11.5. The summed E-state index contributed by atoms with van der Waals surface area (Å²) in [5.41, 5.74) is 6.16. The number of aliphatic hydroxyl groups excluding tert-OH is 1. The number of ether oxygens (including phenoxy) is 1. The predicted molar refractivity (Wildman–Crippen MR) is 60.5 cm³/mol. The molecule has 0 saturated carbocycles. The maximum Gasteiger partial charge on any atom is 0.157 e. The molecule has 6 nitrogen and oxygen atoms in total. The van der Waals surface area contributed by atoms with Gasteiger partial charge in [0.25, 0.3) is 0 Å². The van der Waals surface area contributed by atoms with Crippen LogP contribution in [0.25, 0.3) is 0 Å². The van der Waals surface area contributed by atoms with E-state index in [-0.39, 0.29) is 17.9 Å². The molecule has 0 radical (unpaired) electrons. The van der Waals surface area contributed by atoms with Gasteiger partial charge in [0.2, 0.25) is 0 Å². The summed E-state index contributed by atoms with van der Waals surface area (Å²) >= 11 is 5.82. The SMILES string of the molecule is Nc1c(Cl)ncnc1N1CCOC(CO)C1. The Morgan fingerprint density at radius 2 is 2.44 bits per heavy atom. The lowest BCUT2D eigenvalue weighted by molar-refractivity contribution is 0.00339. The molecule has 1 saturated heterocycles. The van der Waals surface area contributed by atoms with Gasteiger partial charge in [0.15, 0.2) is 11.0 Å². The van der Waals surface area contributed by atoms with Gasteiger partial charge in [0.1, 0.15) is 12.0 Å². The largest absolute Gasteiger partial charge is 0.394 e. The highest BCUT2D eigenvalue weighted by Crippen LogP contribution is 2.26. The third-order valence-corrected chi connectivity index (χ3v) is 2.76. The lowest BCUT2D eigenvalue weighted by Gasteiger charge is -2.33. The minimum Gasteiger partial charge on any atom is -0.394 e. The molecular formula is C9H13ClN4O2. The quantitative estimate of drug-likeness (QED) is 0.708. The van der Waals surface area contributed by atoms with Crippen LogP contribution in [-0.2, 0) is 4.74 Å². The number of anilines is 2. The molecule has 88 valence electrons. The highest BCUT2D eigenvalue weighted by Gasteiger charge is 2.23. The van der Waals surface area contributed by atoms with Gasteiger partial charge in [-0.25, -0.2) is 9.97 Å². The summed E-state index contributed by atoms with van der Waals surface area (Å²) < 4.78 is 5.34. The summed E-state index contributed by atoms with van der Waals surface area (Å²) in [7, 11) is 0. The summed E-state index contributed by atoms with van der Waals surface area (Å²) in [5, 5.41) is 9.29. The van der Waals surface area contributed by atoms with E-state index in [0.717, 1.165) is 0 Å². The van der Waals surface area contributed by atoms with Gasteiger partial charge >= 0.3 is 0 Å². The van der Waals surface area contributed by atoms with Crippen LogP contribution < -0.4 is 10.6 Å². The van der Waals surface area contributed by atoms with Crippen molar-refractivity contribution < 1.29 is 9.84 Å². The average molecular weight is 245 g/mol. The first-order valence-electron chi connectivity index (χ1n) is 4.95. The van der Waals surface area contributed by atoms with Crippen molar-refractivity contribution in [2.24, 2.45) is 0 Å². The van der Waals surface area contributed by atoms with Gasteiger partial charge in [0.05, 0.1) is 19.3 Å². The minimum atomic E-state index is -0.207. The first-order chi connectivity index (χ1) is 7.72. The summed E-state index contributed by atoms with van der Waals surface area (Å²) in [6.07, 6.45) is 1.17. The zero-order valence-corrected chi connectivity index (χ0v) is 9.39. The van der Waals surface area contributed by atoms with Gasteiger partial charge in [-0.3, -0.25) is 0 Å². The molecule has 0 amide bonds. The lowest BCUT2D eigenvalue weighted by Crippen LogP contribution is -2.44. The molecule has 1 aromatic rings. The van der Waals surface area contributed by atoms with E-state index in [9.17, 15) is 0 Å². The second-order valence-corrected chi connectivity index (χ2v) is 3.88. The molecule has 1 atom stereocenters. The molecule has 1 aromatic heterocycles. The fourth-order valence-electron chi connectivity index (χ4n) is 1.64. The van der Waals surface area contributed by atoms with E-state index >= 15 is 0 Å². The van der Waals surface area contributed by atoms with E-state index in [1.807, 2.05) is 4.90 Å². The van der Waals surface area contributed by atoms with Crippen LogP contribution in [0.5, 0.6) is 0 Å². The Labute approximate surface area is 98.0 Å². The maximum atomic E-state index is 9.04. The molecule has 2 heterocycles. The van der Waals surface area contributed by atoms with Crippen LogP contribution in [0.3, 0.4) is 0 Å². The number of hydrogen-bond acceptors (Lipinski definition) is 6. The minimum absolute atomic E-state index is 0.0186. The maximum absolute atomic E-state index is 9.04. The van der Waals surface area contributed by atoms with Crippen molar-refractivity contribution in [1.82, 2.24) is 9.97 Å². The van der Waals surface area contributed by atoms with E-state index < -0.39 is 0 Å². The third kappa shape index (κ3) is 2.18. The normalized spacial score (nSPS) is 21.1.